The lowest BCUT2D eigenvalue weighted by molar-refractivity contribution is -0.364. The lowest BCUT2D eigenvalue weighted by Crippen LogP contribution is -2.64. The van der Waals surface area contributed by atoms with Crippen molar-refractivity contribution >= 4 is 12.0 Å². The van der Waals surface area contributed by atoms with E-state index in [2.05, 4.69) is 0 Å². The molecular weight excluding hydrogens is 588 g/mol. The predicted molar refractivity (Wildman–Crippen MR) is 147 cm³/mol. The molecule has 0 unspecified atom stereocenters. The maximum atomic E-state index is 12.9. The van der Waals surface area contributed by atoms with Gasteiger partial charge in [0.05, 0.1) is 19.3 Å². The number of aliphatic hydroxyl groups excluding tert-OH is 5. The number of rotatable bonds is 10. The van der Waals surface area contributed by atoms with E-state index in [-0.39, 0.29) is 30.3 Å². The summed E-state index contributed by atoms with van der Waals surface area (Å²) in [4.78, 5) is 12.9. The fraction of sp³-hybridized carbons (Fsp3) is 0.483. The lowest BCUT2D eigenvalue weighted by atomic mass is 9.97. The van der Waals surface area contributed by atoms with Gasteiger partial charge in [0, 0.05) is 6.08 Å². The molecule has 15 heteroatoms. The van der Waals surface area contributed by atoms with E-state index in [1.165, 1.54) is 43.3 Å². The van der Waals surface area contributed by atoms with Gasteiger partial charge >= 0.3 is 5.97 Å². The van der Waals surface area contributed by atoms with E-state index in [1.807, 2.05) is 0 Å². The number of phenols is 4. The van der Waals surface area contributed by atoms with Crippen molar-refractivity contribution in [2.24, 2.45) is 0 Å². The third-order valence-electron chi connectivity index (χ3n) is 7.27. The molecule has 0 amide bonds. The van der Waals surface area contributed by atoms with Crippen molar-refractivity contribution in [3.63, 3.8) is 0 Å². The van der Waals surface area contributed by atoms with Gasteiger partial charge in [-0.25, -0.2) is 4.79 Å². The highest BCUT2D eigenvalue weighted by atomic mass is 16.8. The van der Waals surface area contributed by atoms with E-state index in [0.717, 1.165) is 6.08 Å². The lowest BCUT2D eigenvalue weighted by Gasteiger charge is -2.46. The summed E-state index contributed by atoms with van der Waals surface area (Å²) in [5.74, 6) is -2.44. The zero-order valence-electron chi connectivity index (χ0n) is 23.5. The number of aromatic hydroxyl groups is 4. The van der Waals surface area contributed by atoms with Crippen LogP contribution in [0.5, 0.6) is 23.0 Å². The normalized spacial score (nSPS) is 32.5. The SMILES string of the molecule is C[C@@H]1O[C@@H](O[C@@H]2[C@H](OCCc3ccc(O)c(O)c3)O[C@H](CO)[C@H](O)[C@@H]2OC(=O)C=Cc2ccc(O)c(O)c2)[C@H](O)[C@@H](O)[C@H]1O. The average Bonchev–Trinajstić information content (AvgIpc) is 2.99. The molecule has 15 nitrogen and oxygen atoms in total. The summed E-state index contributed by atoms with van der Waals surface area (Å²) in [7, 11) is 0. The molecule has 0 radical (unpaired) electrons. The molecule has 242 valence electrons. The first-order valence-electron chi connectivity index (χ1n) is 13.7. The van der Waals surface area contributed by atoms with E-state index in [9.17, 15) is 50.8 Å². The Bertz CT molecular complexity index is 1300. The molecule has 9 N–H and O–H groups in total. The first kappa shape index (κ1) is 33.4. The molecule has 0 bridgehead atoms. The van der Waals surface area contributed by atoms with Crippen LogP contribution in [0.4, 0.5) is 0 Å². The number of esters is 1. The Morgan fingerprint density at radius 1 is 0.818 bits per heavy atom. The van der Waals surface area contributed by atoms with Crippen LogP contribution in [0.2, 0.25) is 0 Å². The van der Waals surface area contributed by atoms with Crippen molar-refractivity contribution in [2.45, 2.75) is 74.8 Å². The van der Waals surface area contributed by atoms with Crippen molar-refractivity contribution in [3.8, 4) is 23.0 Å². The fourth-order valence-corrected chi connectivity index (χ4v) is 4.73. The zero-order valence-corrected chi connectivity index (χ0v) is 23.5. The monoisotopic (exact) mass is 624 g/mol. The molecule has 2 fully saturated rings. The van der Waals surface area contributed by atoms with Crippen LogP contribution in [0.1, 0.15) is 18.1 Å². The van der Waals surface area contributed by atoms with Gasteiger partial charge in [0.1, 0.15) is 30.5 Å². The number of benzene rings is 2. The standard InChI is InChI=1S/C29H36O15/c1-13-22(36)24(38)25(39)28(41-13)44-27-26(43-21(35)7-4-14-2-5-16(31)18(33)10-14)23(37)20(12-30)42-29(27)40-9-8-15-3-6-17(32)19(34)11-15/h2-7,10-11,13,20,22-34,36-39H,8-9,12H2,1H3/t13-,20+,22-,23-,24-,25+,26-,27-,28-,29+/m0/s1. The largest absolute Gasteiger partial charge is 0.504 e. The van der Waals surface area contributed by atoms with Crippen molar-refractivity contribution in [2.75, 3.05) is 13.2 Å². The number of carbonyl (C=O) groups excluding carboxylic acids is 1. The number of ether oxygens (including phenoxy) is 5. The van der Waals surface area contributed by atoms with Gasteiger partial charge in [0.25, 0.3) is 0 Å². The van der Waals surface area contributed by atoms with Crippen LogP contribution < -0.4 is 0 Å². The fourth-order valence-electron chi connectivity index (χ4n) is 4.73. The topological polar surface area (TPSA) is 245 Å². The number of hydrogen-bond acceptors (Lipinski definition) is 15. The van der Waals surface area contributed by atoms with Crippen molar-refractivity contribution in [1.29, 1.82) is 0 Å². The maximum absolute atomic E-state index is 12.9. The highest BCUT2D eigenvalue weighted by molar-refractivity contribution is 5.87. The molecule has 4 rings (SSSR count). The highest BCUT2D eigenvalue weighted by Crippen LogP contribution is 2.32. The summed E-state index contributed by atoms with van der Waals surface area (Å²) in [5, 5.41) is 90.3. The smallest absolute Gasteiger partial charge is 0.331 e. The van der Waals surface area contributed by atoms with Crippen LogP contribution in [-0.4, -0.2) is 127 Å². The average molecular weight is 625 g/mol. The zero-order chi connectivity index (χ0) is 32.1. The van der Waals surface area contributed by atoms with Crippen LogP contribution in [-0.2, 0) is 34.9 Å². The third-order valence-corrected chi connectivity index (χ3v) is 7.27. The molecule has 2 aliphatic rings. The van der Waals surface area contributed by atoms with Gasteiger partial charge in [-0.05, 0) is 54.8 Å². The molecule has 0 aliphatic carbocycles. The number of phenolic OH excluding ortho intramolecular Hbond substituents is 4. The van der Waals surface area contributed by atoms with E-state index >= 15 is 0 Å². The minimum atomic E-state index is -1.77. The van der Waals surface area contributed by atoms with Crippen LogP contribution >= 0.6 is 0 Å². The predicted octanol–water partition coefficient (Wildman–Crippen LogP) is -1.02. The van der Waals surface area contributed by atoms with E-state index in [4.69, 9.17) is 23.7 Å². The number of carbonyl (C=O) groups is 1. The molecule has 2 aromatic carbocycles. The van der Waals surface area contributed by atoms with Gasteiger partial charge in [-0.1, -0.05) is 12.1 Å². The summed E-state index contributed by atoms with van der Waals surface area (Å²) in [6.45, 7) is 0.606. The summed E-state index contributed by atoms with van der Waals surface area (Å²) in [5.41, 5.74) is 0.894. The molecule has 2 saturated heterocycles. The summed E-state index contributed by atoms with van der Waals surface area (Å²) < 4.78 is 28.5. The first-order valence-corrected chi connectivity index (χ1v) is 13.7. The second-order valence-corrected chi connectivity index (χ2v) is 10.4. The molecule has 0 spiro atoms. The molecular formula is C29H36O15. The Balaban J connectivity index is 1.57. The van der Waals surface area contributed by atoms with Gasteiger partial charge in [-0.15, -0.1) is 0 Å². The highest BCUT2D eigenvalue weighted by Gasteiger charge is 2.52. The molecule has 0 saturated carbocycles. The summed E-state index contributed by atoms with van der Waals surface area (Å²) >= 11 is 0. The Morgan fingerprint density at radius 2 is 1.50 bits per heavy atom. The third kappa shape index (κ3) is 7.76. The van der Waals surface area contributed by atoms with E-state index < -0.39 is 79.7 Å². The minimum Gasteiger partial charge on any atom is -0.504 e. The Hall–Kier alpha value is -3.51. The van der Waals surface area contributed by atoms with Gasteiger partial charge in [-0.3, -0.25) is 0 Å². The number of hydrogen-bond donors (Lipinski definition) is 9. The Morgan fingerprint density at radius 3 is 2.16 bits per heavy atom. The molecule has 2 aliphatic heterocycles. The van der Waals surface area contributed by atoms with Crippen LogP contribution in [0.3, 0.4) is 0 Å². The first-order chi connectivity index (χ1) is 20.9. The molecule has 2 heterocycles. The van der Waals surface area contributed by atoms with Crippen molar-refractivity contribution in [3.05, 3.63) is 53.6 Å². The summed E-state index contributed by atoms with van der Waals surface area (Å²) in [6.07, 6.45) is -12.6. The van der Waals surface area contributed by atoms with Crippen LogP contribution in [0.15, 0.2) is 42.5 Å². The van der Waals surface area contributed by atoms with Gasteiger partial charge < -0.3 is 69.6 Å². The van der Waals surface area contributed by atoms with Crippen LogP contribution in [0, 0.1) is 0 Å². The van der Waals surface area contributed by atoms with Crippen molar-refractivity contribution in [1.82, 2.24) is 0 Å². The minimum absolute atomic E-state index is 0.0975. The maximum Gasteiger partial charge on any atom is 0.331 e. The number of aliphatic hydroxyl groups is 5. The van der Waals surface area contributed by atoms with Gasteiger partial charge in [0.2, 0.25) is 0 Å². The molecule has 44 heavy (non-hydrogen) atoms. The second-order valence-electron chi connectivity index (χ2n) is 10.4. The Labute approximate surface area is 251 Å². The van der Waals surface area contributed by atoms with Gasteiger partial charge in [-0.2, -0.15) is 0 Å². The Kier molecular flexibility index (Phi) is 11.0. The molecule has 2 aromatic rings. The molecule has 0 aromatic heterocycles. The second kappa shape index (κ2) is 14.5. The van der Waals surface area contributed by atoms with E-state index in [0.29, 0.717) is 11.1 Å². The van der Waals surface area contributed by atoms with E-state index in [1.54, 1.807) is 6.07 Å². The summed E-state index contributed by atoms with van der Waals surface area (Å²) in [6, 6.07) is 7.96. The van der Waals surface area contributed by atoms with Crippen LogP contribution in [0.25, 0.3) is 6.08 Å². The van der Waals surface area contributed by atoms with Gasteiger partial charge in [0.15, 0.2) is 47.8 Å². The van der Waals surface area contributed by atoms with Crippen molar-refractivity contribution < 1.29 is 74.4 Å². The molecule has 10 atom stereocenters. The quantitative estimate of drug-likeness (QED) is 0.0873.